The van der Waals surface area contributed by atoms with Crippen LogP contribution in [0, 0.1) is 12.7 Å². The predicted molar refractivity (Wildman–Crippen MR) is 86.5 cm³/mol. The van der Waals surface area contributed by atoms with Gasteiger partial charge in [0.05, 0.1) is 16.7 Å². The highest BCUT2D eigenvalue weighted by Gasteiger charge is 2.33. The van der Waals surface area contributed by atoms with Crippen molar-refractivity contribution in [1.29, 1.82) is 0 Å². The quantitative estimate of drug-likeness (QED) is 0.863. The molecule has 1 aliphatic heterocycles. The van der Waals surface area contributed by atoms with Crippen molar-refractivity contribution in [2.24, 2.45) is 0 Å². The van der Waals surface area contributed by atoms with Gasteiger partial charge in [-0.25, -0.2) is 12.8 Å². The highest BCUT2D eigenvalue weighted by Crippen LogP contribution is 2.38. The second-order valence-corrected chi connectivity index (χ2v) is 7.42. The molecular formula is C17H18FNO3S. The summed E-state index contributed by atoms with van der Waals surface area (Å²) in [6.45, 7) is 1.88. The van der Waals surface area contributed by atoms with Gasteiger partial charge in [-0.1, -0.05) is 18.2 Å². The van der Waals surface area contributed by atoms with Crippen molar-refractivity contribution in [3.05, 3.63) is 59.4 Å². The third kappa shape index (κ3) is 2.72. The zero-order valence-electron chi connectivity index (χ0n) is 13.0. The van der Waals surface area contributed by atoms with E-state index in [-0.39, 0.29) is 11.0 Å². The van der Waals surface area contributed by atoms with Crippen LogP contribution in [-0.2, 0) is 14.8 Å². The van der Waals surface area contributed by atoms with E-state index in [0.29, 0.717) is 24.2 Å². The molecule has 122 valence electrons. The van der Waals surface area contributed by atoms with Gasteiger partial charge in [0.25, 0.3) is 10.0 Å². The van der Waals surface area contributed by atoms with E-state index in [4.69, 9.17) is 4.74 Å². The van der Waals surface area contributed by atoms with E-state index in [2.05, 4.69) is 0 Å². The van der Waals surface area contributed by atoms with E-state index in [1.54, 1.807) is 26.2 Å². The fourth-order valence-electron chi connectivity index (χ4n) is 2.90. The lowest BCUT2D eigenvalue weighted by Crippen LogP contribution is -2.37. The van der Waals surface area contributed by atoms with Crippen molar-refractivity contribution < 1.29 is 17.5 Å². The lowest BCUT2D eigenvalue weighted by Gasteiger charge is -2.34. The number of halogens is 1. The number of nitrogens with zero attached hydrogens (tertiary/aromatic N) is 1. The smallest absolute Gasteiger partial charge is 0.264 e. The van der Waals surface area contributed by atoms with E-state index in [1.165, 1.54) is 22.5 Å². The lowest BCUT2D eigenvalue weighted by molar-refractivity contribution is 0.0951. The molecule has 0 saturated heterocycles. The van der Waals surface area contributed by atoms with Crippen molar-refractivity contribution in [3.8, 4) is 0 Å². The largest absolute Gasteiger partial charge is 0.377 e. The van der Waals surface area contributed by atoms with E-state index >= 15 is 0 Å². The Kier molecular flexibility index (Phi) is 4.12. The molecule has 0 spiro atoms. The molecule has 23 heavy (non-hydrogen) atoms. The SMILES string of the molecule is COC1CCN(S(=O)(=O)c2ccc(F)c(C)c2)c2ccccc21. The molecule has 1 heterocycles. The van der Waals surface area contributed by atoms with Crippen LogP contribution in [0.2, 0.25) is 0 Å². The number of para-hydroxylation sites is 1. The molecule has 1 aliphatic rings. The minimum absolute atomic E-state index is 0.0991. The van der Waals surface area contributed by atoms with Gasteiger partial charge in [-0.05, 0) is 43.2 Å². The van der Waals surface area contributed by atoms with Gasteiger partial charge in [-0.2, -0.15) is 0 Å². The second kappa shape index (κ2) is 5.94. The molecule has 0 saturated carbocycles. The Bertz CT molecular complexity index is 835. The summed E-state index contributed by atoms with van der Waals surface area (Å²) >= 11 is 0. The normalized spacial score (nSPS) is 17.9. The molecule has 1 unspecified atom stereocenters. The fraction of sp³-hybridized carbons (Fsp3) is 0.294. The lowest BCUT2D eigenvalue weighted by atomic mass is 10.0. The average Bonchev–Trinajstić information content (AvgIpc) is 2.56. The first kappa shape index (κ1) is 16.0. The number of aryl methyl sites for hydroxylation is 1. The first-order chi connectivity index (χ1) is 10.9. The number of anilines is 1. The molecule has 0 radical (unpaired) electrons. The van der Waals surface area contributed by atoms with Gasteiger partial charge < -0.3 is 4.74 Å². The van der Waals surface area contributed by atoms with E-state index in [1.807, 2.05) is 12.1 Å². The molecule has 4 nitrogen and oxygen atoms in total. The van der Waals surface area contributed by atoms with Crippen LogP contribution in [0.5, 0.6) is 0 Å². The maximum absolute atomic E-state index is 13.4. The first-order valence-corrected chi connectivity index (χ1v) is 8.80. The molecule has 3 rings (SSSR count). The topological polar surface area (TPSA) is 46.6 Å². The molecule has 0 aliphatic carbocycles. The average molecular weight is 335 g/mol. The summed E-state index contributed by atoms with van der Waals surface area (Å²) in [5, 5.41) is 0. The number of ether oxygens (including phenoxy) is 1. The molecule has 0 aromatic heterocycles. The van der Waals surface area contributed by atoms with Gasteiger partial charge in [0.2, 0.25) is 0 Å². The Morgan fingerprint density at radius 2 is 1.96 bits per heavy atom. The number of benzene rings is 2. The Morgan fingerprint density at radius 3 is 2.65 bits per heavy atom. The highest BCUT2D eigenvalue weighted by molar-refractivity contribution is 7.92. The fourth-order valence-corrected chi connectivity index (χ4v) is 4.49. The van der Waals surface area contributed by atoms with Gasteiger partial charge in [0, 0.05) is 19.2 Å². The summed E-state index contributed by atoms with van der Waals surface area (Å²) in [5.41, 5.74) is 1.78. The number of methoxy groups -OCH3 is 1. The molecule has 0 fully saturated rings. The summed E-state index contributed by atoms with van der Waals surface area (Å²) in [4.78, 5) is 0.0991. The standard InChI is InChI=1S/C17H18FNO3S/c1-12-11-13(7-8-15(12)18)23(20,21)19-10-9-17(22-2)14-5-3-4-6-16(14)19/h3-8,11,17H,9-10H2,1-2H3. The van der Waals surface area contributed by atoms with Crippen molar-refractivity contribution in [1.82, 2.24) is 0 Å². The third-order valence-electron chi connectivity index (χ3n) is 4.15. The molecule has 2 aromatic carbocycles. The van der Waals surface area contributed by atoms with Gasteiger partial charge in [-0.15, -0.1) is 0 Å². The minimum atomic E-state index is -3.74. The van der Waals surface area contributed by atoms with E-state index in [9.17, 15) is 12.8 Å². The first-order valence-electron chi connectivity index (χ1n) is 7.36. The monoisotopic (exact) mass is 335 g/mol. The number of hydrogen-bond acceptors (Lipinski definition) is 3. The molecule has 0 amide bonds. The van der Waals surface area contributed by atoms with Crippen LogP contribution in [0.25, 0.3) is 0 Å². The highest BCUT2D eigenvalue weighted by atomic mass is 32.2. The molecule has 0 bridgehead atoms. The molecule has 6 heteroatoms. The molecular weight excluding hydrogens is 317 g/mol. The van der Waals surface area contributed by atoms with Crippen LogP contribution < -0.4 is 4.31 Å². The molecule has 0 N–H and O–H groups in total. The third-order valence-corrected chi connectivity index (χ3v) is 5.96. The Labute approximate surface area is 135 Å². The Morgan fingerprint density at radius 1 is 1.22 bits per heavy atom. The summed E-state index contributed by atoms with van der Waals surface area (Å²) < 4.78 is 46.2. The van der Waals surface area contributed by atoms with Gasteiger partial charge in [0.15, 0.2) is 0 Å². The van der Waals surface area contributed by atoms with Crippen LogP contribution >= 0.6 is 0 Å². The number of rotatable bonds is 3. The Balaban J connectivity index is 2.09. The van der Waals surface area contributed by atoms with Crippen molar-refractivity contribution in [3.63, 3.8) is 0 Å². The van der Waals surface area contributed by atoms with Crippen molar-refractivity contribution >= 4 is 15.7 Å². The van der Waals surface area contributed by atoms with Gasteiger partial charge in [-0.3, -0.25) is 4.31 Å². The zero-order valence-corrected chi connectivity index (χ0v) is 13.8. The van der Waals surface area contributed by atoms with Crippen molar-refractivity contribution in [2.45, 2.75) is 24.3 Å². The summed E-state index contributed by atoms with van der Waals surface area (Å²) in [6, 6.07) is 11.2. The maximum Gasteiger partial charge on any atom is 0.264 e. The predicted octanol–water partition coefficient (Wildman–Crippen LogP) is 3.42. The minimum Gasteiger partial charge on any atom is -0.377 e. The Hall–Kier alpha value is -1.92. The summed E-state index contributed by atoms with van der Waals surface area (Å²) in [5.74, 6) is -0.414. The van der Waals surface area contributed by atoms with Gasteiger partial charge >= 0.3 is 0 Å². The second-order valence-electron chi connectivity index (χ2n) is 5.56. The van der Waals surface area contributed by atoms with Crippen LogP contribution in [-0.4, -0.2) is 22.1 Å². The number of sulfonamides is 1. The summed E-state index contributed by atoms with van der Waals surface area (Å²) in [7, 11) is -2.12. The molecule has 2 aromatic rings. The van der Waals surface area contributed by atoms with Gasteiger partial charge in [0.1, 0.15) is 5.82 Å². The number of hydrogen-bond donors (Lipinski definition) is 0. The van der Waals surface area contributed by atoms with Crippen LogP contribution in [0.15, 0.2) is 47.4 Å². The molecule has 1 atom stereocenters. The van der Waals surface area contributed by atoms with E-state index in [0.717, 1.165) is 5.56 Å². The zero-order chi connectivity index (χ0) is 16.6. The maximum atomic E-state index is 13.4. The summed E-state index contributed by atoms with van der Waals surface area (Å²) in [6.07, 6.45) is 0.458. The van der Waals surface area contributed by atoms with Crippen LogP contribution in [0.4, 0.5) is 10.1 Å². The van der Waals surface area contributed by atoms with E-state index < -0.39 is 15.8 Å². The number of fused-ring (bicyclic) bond motifs is 1. The van der Waals surface area contributed by atoms with Crippen molar-refractivity contribution in [2.75, 3.05) is 18.0 Å². The van der Waals surface area contributed by atoms with Crippen LogP contribution in [0.1, 0.15) is 23.7 Å². The van der Waals surface area contributed by atoms with Crippen LogP contribution in [0.3, 0.4) is 0 Å².